The lowest BCUT2D eigenvalue weighted by molar-refractivity contribution is 0.120. The van der Waals surface area contributed by atoms with E-state index in [0.29, 0.717) is 17.9 Å². The second-order valence-electron chi connectivity index (χ2n) is 6.15. The molecule has 0 amide bonds. The Labute approximate surface area is 89.4 Å². The van der Waals surface area contributed by atoms with E-state index in [-0.39, 0.29) is 11.5 Å². The SMILES string of the molecule is CC(C)C(C)(C)CC(C)(C)C(N)CN. The molecule has 0 aliphatic heterocycles. The van der Waals surface area contributed by atoms with Gasteiger partial charge in [0.15, 0.2) is 0 Å². The zero-order chi connectivity index (χ0) is 11.6. The van der Waals surface area contributed by atoms with Gasteiger partial charge in [-0.05, 0) is 23.2 Å². The Hall–Kier alpha value is -0.0800. The van der Waals surface area contributed by atoms with E-state index in [9.17, 15) is 0 Å². The Kier molecular flexibility index (Phi) is 4.60. The maximum Gasteiger partial charge on any atom is 0.0215 e. The quantitative estimate of drug-likeness (QED) is 0.716. The van der Waals surface area contributed by atoms with Gasteiger partial charge in [-0.1, -0.05) is 41.5 Å². The van der Waals surface area contributed by atoms with Crippen LogP contribution in [0.2, 0.25) is 0 Å². The van der Waals surface area contributed by atoms with E-state index in [1.807, 2.05) is 0 Å². The van der Waals surface area contributed by atoms with Crippen molar-refractivity contribution in [2.75, 3.05) is 6.54 Å². The summed E-state index contributed by atoms with van der Waals surface area (Å²) in [5.41, 5.74) is 12.1. The minimum atomic E-state index is 0.0977. The zero-order valence-electron chi connectivity index (χ0n) is 10.7. The normalized spacial score (nSPS) is 16.1. The molecule has 86 valence electrons. The van der Waals surface area contributed by atoms with Crippen LogP contribution in [-0.4, -0.2) is 12.6 Å². The molecule has 14 heavy (non-hydrogen) atoms. The topological polar surface area (TPSA) is 52.0 Å². The van der Waals surface area contributed by atoms with Gasteiger partial charge < -0.3 is 11.5 Å². The van der Waals surface area contributed by atoms with Crippen LogP contribution in [0, 0.1) is 16.7 Å². The highest BCUT2D eigenvalue weighted by atomic mass is 14.8. The highest BCUT2D eigenvalue weighted by molar-refractivity contribution is 4.88. The molecule has 0 aromatic heterocycles. The number of hydrogen-bond donors (Lipinski definition) is 2. The van der Waals surface area contributed by atoms with Crippen molar-refractivity contribution >= 4 is 0 Å². The van der Waals surface area contributed by atoms with Crippen molar-refractivity contribution in [3.8, 4) is 0 Å². The first kappa shape index (κ1) is 13.9. The van der Waals surface area contributed by atoms with Crippen LogP contribution >= 0.6 is 0 Å². The summed E-state index contributed by atoms with van der Waals surface area (Å²) in [4.78, 5) is 0. The molecule has 0 bridgehead atoms. The standard InChI is InChI=1S/C12H28N2/c1-9(2)11(3,4)8-12(5,6)10(14)7-13/h9-10H,7-8,13-14H2,1-6H3. The Morgan fingerprint density at radius 3 is 1.71 bits per heavy atom. The second-order valence-corrected chi connectivity index (χ2v) is 6.15. The fraction of sp³-hybridized carbons (Fsp3) is 1.00. The van der Waals surface area contributed by atoms with Crippen LogP contribution in [0.1, 0.15) is 48.0 Å². The molecule has 0 aliphatic carbocycles. The summed E-state index contributed by atoms with van der Waals surface area (Å²) in [7, 11) is 0. The van der Waals surface area contributed by atoms with E-state index in [4.69, 9.17) is 11.5 Å². The minimum Gasteiger partial charge on any atom is -0.329 e. The van der Waals surface area contributed by atoms with Crippen LogP contribution in [0.25, 0.3) is 0 Å². The summed E-state index contributed by atoms with van der Waals surface area (Å²) in [6.07, 6.45) is 1.12. The Morgan fingerprint density at radius 1 is 1.00 bits per heavy atom. The van der Waals surface area contributed by atoms with Gasteiger partial charge in [0.25, 0.3) is 0 Å². The van der Waals surface area contributed by atoms with Gasteiger partial charge in [0.05, 0.1) is 0 Å². The third-order valence-electron chi connectivity index (χ3n) is 3.73. The summed E-state index contributed by atoms with van der Waals surface area (Å²) in [5, 5.41) is 0. The van der Waals surface area contributed by atoms with Crippen molar-refractivity contribution in [2.45, 2.75) is 54.0 Å². The van der Waals surface area contributed by atoms with Crippen molar-refractivity contribution in [3.63, 3.8) is 0 Å². The molecule has 0 heterocycles. The third kappa shape index (κ3) is 3.58. The van der Waals surface area contributed by atoms with Gasteiger partial charge in [-0.15, -0.1) is 0 Å². The summed E-state index contributed by atoms with van der Waals surface area (Å²) in [6.45, 7) is 14.2. The van der Waals surface area contributed by atoms with E-state index in [2.05, 4.69) is 41.5 Å². The van der Waals surface area contributed by atoms with Crippen molar-refractivity contribution < 1.29 is 0 Å². The smallest absolute Gasteiger partial charge is 0.0215 e. The van der Waals surface area contributed by atoms with Crippen LogP contribution in [0.3, 0.4) is 0 Å². The molecule has 1 unspecified atom stereocenters. The van der Waals surface area contributed by atoms with Crippen LogP contribution in [0.5, 0.6) is 0 Å². The molecular formula is C12H28N2. The molecule has 1 atom stereocenters. The second kappa shape index (κ2) is 4.63. The van der Waals surface area contributed by atoms with Gasteiger partial charge in [0.2, 0.25) is 0 Å². The number of rotatable bonds is 5. The fourth-order valence-electron chi connectivity index (χ4n) is 1.83. The highest BCUT2D eigenvalue weighted by Crippen LogP contribution is 2.40. The van der Waals surface area contributed by atoms with Crippen molar-refractivity contribution in [1.29, 1.82) is 0 Å². The minimum absolute atomic E-state index is 0.0977. The lowest BCUT2D eigenvalue weighted by Gasteiger charge is -2.40. The summed E-state index contributed by atoms with van der Waals surface area (Å²) >= 11 is 0. The van der Waals surface area contributed by atoms with E-state index >= 15 is 0 Å². The van der Waals surface area contributed by atoms with Gasteiger partial charge in [0.1, 0.15) is 0 Å². The number of nitrogens with two attached hydrogens (primary N) is 2. The van der Waals surface area contributed by atoms with Crippen LogP contribution < -0.4 is 11.5 Å². The van der Waals surface area contributed by atoms with Crippen LogP contribution in [0.4, 0.5) is 0 Å². The first-order chi connectivity index (χ1) is 6.13. The predicted octanol–water partition coefficient (Wildman–Crippen LogP) is 2.37. The average Bonchev–Trinajstić information content (AvgIpc) is 2.00. The van der Waals surface area contributed by atoms with E-state index in [1.165, 1.54) is 0 Å². The van der Waals surface area contributed by atoms with E-state index < -0.39 is 0 Å². The van der Waals surface area contributed by atoms with Crippen molar-refractivity contribution in [2.24, 2.45) is 28.2 Å². The molecule has 0 fully saturated rings. The van der Waals surface area contributed by atoms with Gasteiger partial charge in [-0.25, -0.2) is 0 Å². The molecule has 0 rings (SSSR count). The van der Waals surface area contributed by atoms with Gasteiger partial charge in [0, 0.05) is 12.6 Å². The van der Waals surface area contributed by atoms with Crippen LogP contribution in [-0.2, 0) is 0 Å². The lowest BCUT2D eigenvalue weighted by atomic mass is 9.67. The first-order valence-corrected chi connectivity index (χ1v) is 5.59. The maximum absolute atomic E-state index is 6.03. The molecule has 0 aliphatic rings. The molecule has 0 spiro atoms. The predicted molar refractivity (Wildman–Crippen MR) is 64.0 cm³/mol. The van der Waals surface area contributed by atoms with Gasteiger partial charge in [-0.2, -0.15) is 0 Å². The molecule has 4 N–H and O–H groups in total. The van der Waals surface area contributed by atoms with Gasteiger partial charge in [-0.3, -0.25) is 0 Å². The van der Waals surface area contributed by atoms with E-state index in [1.54, 1.807) is 0 Å². The highest BCUT2D eigenvalue weighted by Gasteiger charge is 2.34. The van der Waals surface area contributed by atoms with Crippen molar-refractivity contribution in [3.05, 3.63) is 0 Å². The molecular weight excluding hydrogens is 172 g/mol. The van der Waals surface area contributed by atoms with Crippen LogP contribution in [0.15, 0.2) is 0 Å². The van der Waals surface area contributed by atoms with E-state index in [0.717, 1.165) is 6.42 Å². The Balaban J connectivity index is 4.49. The number of hydrogen-bond acceptors (Lipinski definition) is 2. The molecule has 0 aromatic carbocycles. The molecule has 0 aromatic rings. The van der Waals surface area contributed by atoms with Gasteiger partial charge >= 0.3 is 0 Å². The third-order valence-corrected chi connectivity index (χ3v) is 3.73. The largest absolute Gasteiger partial charge is 0.329 e. The molecule has 0 saturated heterocycles. The first-order valence-electron chi connectivity index (χ1n) is 5.59. The molecule has 0 radical (unpaired) electrons. The lowest BCUT2D eigenvalue weighted by Crippen LogP contribution is -2.46. The monoisotopic (exact) mass is 200 g/mol. The summed E-state index contributed by atoms with van der Waals surface area (Å²) in [5.74, 6) is 0.673. The zero-order valence-corrected chi connectivity index (χ0v) is 10.7. The molecule has 2 heteroatoms. The fourth-order valence-corrected chi connectivity index (χ4v) is 1.83. The van der Waals surface area contributed by atoms with Crippen molar-refractivity contribution in [1.82, 2.24) is 0 Å². The Morgan fingerprint density at radius 2 is 1.43 bits per heavy atom. The molecule has 2 nitrogen and oxygen atoms in total. The Bertz CT molecular complexity index is 171. The maximum atomic E-state index is 6.03. The molecule has 0 saturated carbocycles. The average molecular weight is 200 g/mol. The summed E-state index contributed by atoms with van der Waals surface area (Å²) in [6, 6.07) is 0.0977. The summed E-state index contributed by atoms with van der Waals surface area (Å²) < 4.78 is 0.